The normalized spacial score (nSPS) is 12.2. The number of carbonyl (C=O) groups is 1. The Labute approximate surface area is 103 Å². The number of methoxy groups -OCH3 is 1. The Balaban J connectivity index is 3.03. The molecule has 0 saturated heterocycles. The summed E-state index contributed by atoms with van der Waals surface area (Å²) < 4.78 is 4.86. The molecule has 2 N–H and O–H groups in total. The SMILES string of the molecule is CCCCC(C(=O)OC)c1cccc(C)c1N. The number of hydrogen-bond donors (Lipinski definition) is 1. The zero-order chi connectivity index (χ0) is 12.8. The first-order valence-electron chi connectivity index (χ1n) is 6.04. The number of aryl methyl sites for hydroxylation is 1. The average Bonchev–Trinajstić information content (AvgIpc) is 2.34. The number of nitrogen functional groups attached to an aromatic ring is 1. The molecule has 0 spiro atoms. The molecular weight excluding hydrogens is 214 g/mol. The van der Waals surface area contributed by atoms with Crippen LogP contribution >= 0.6 is 0 Å². The number of rotatable bonds is 5. The lowest BCUT2D eigenvalue weighted by Crippen LogP contribution is -2.16. The van der Waals surface area contributed by atoms with E-state index in [1.54, 1.807) is 0 Å². The van der Waals surface area contributed by atoms with E-state index >= 15 is 0 Å². The number of carbonyl (C=O) groups excluding carboxylic acids is 1. The number of esters is 1. The smallest absolute Gasteiger partial charge is 0.313 e. The van der Waals surface area contributed by atoms with Gasteiger partial charge >= 0.3 is 5.97 Å². The molecule has 1 rings (SSSR count). The van der Waals surface area contributed by atoms with Gasteiger partial charge in [0.2, 0.25) is 0 Å². The highest BCUT2D eigenvalue weighted by Crippen LogP contribution is 2.30. The average molecular weight is 235 g/mol. The minimum atomic E-state index is -0.236. The second-order valence-corrected chi connectivity index (χ2v) is 4.30. The summed E-state index contributed by atoms with van der Waals surface area (Å²) in [6.07, 6.45) is 2.84. The molecule has 0 fully saturated rings. The van der Waals surface area contributed by atoms with Crippen LogP contribution in [-0.2, 0) is 9.53 Å². The summed E-state index contributed by atoms with van der Waals surface area (Å²) in [5, 5.41) is 0. The van der Waals surface area contributed by atoms with Crippen molar-refractivity contribution in [2.45, 2.75) is 39.0 Å². The van der Waals surface area contributed by atoms with E-state index in [4.69, 9.17) is 10.5 Å². The first kappa shape index (κ1) is 13.6. The molecule has 3 heteroatoms. The van der Waals surface area contributed by atoms with Crippen molar-refractivity contribution in [2.75, 3.05) is 12.8 Å². The Morgan fingerprint density at radius 3 is 2.76 bits per heavy atom. The van der Waals surface area contributed by atoms with Gasteiger partial charge in [-0.25, -0.2) is 0 Å². The van der Waals surface area contributed by atoms with Crippen molar-refractivity contribution in [1.82, 2.24) is 0 Å². The fourth-order valence-corrected chi connectivity index (χ4v) is 1.96. The molecule has 0 saturated carbocycles. The fraction of sp³-hybridized carbons (Fsp3) is 0.500. The van der Waals surface area contributed by atoms with E-state index in [1.807, 2.05) is 25.1 Å². The number of hydrogen-bond acceptors (Lipinski definition) is 3. The zero-order valence-corrected chi connectivity index (χ0v) is 10.8. The van der Waals surface area contributed by atoms with Gasteiger partial charge in [0.1, 0.15) is 0 Å². The molecule has 0 aliphatic rings. The molecule has 1 aromatic rings. The van der Waals surface area contributed by atoms with Crippen LogP contribution in [0.1, 0.15) is 43.2 Å². The second kappa shape index (κ2) is 6.28. The number of unbranched alkanes of at least 4 members (excludes halogenated alkanes) is 1. The number of anilines is 1. The largest absolute Gasteiger partial charge is 0.469 e. The summed E-state index contributed by atoms with van der Waals surface area (Å²) in [5.41, 5.74) is 8.65. The van der Waals surface area contributed by atoms with Gasteiger partial charge in [0.15, 0.2) is 0 Å². The molecule has 0 aromatic heterocycles. The van der Waals surface area contributed by atoms with Gasteiger partial charge in [-0.05, 0) is 24.5 Å². The van der Waals surface area contributed by atoms with Crippen LogP contribution in [0.5, 0.6) is 0 Å². The van der Waals surface area contributed by atoms with Crippen LogP contribution < -0.4 is 5.73 Å². The summed E-state index contributed by atoms with van der Waals surface area (Å²) in [6.45, 7) is 4.06. The van der Waals surface area contributed by atoms with Crippen molar-refractivity contribution in [1.29, 1.82) is 0 Å². The lowest BCUT2D eigenvalue weighted by atomic mass is 9.91. The van der Waals surface area contributed by atoms with Crippen LogP contribution in [0.4, 0.5) is 5.69 Å². The van der Waals surface area contributed by atoms with E-state index in [0.717, 1.165) is 30.4 Å². The third kappa shape index (κ3) is 3.22. The summed E-state index contributed by atoms with van der Waals surface area (Å²) in [4.78, 5) is 11.8. The van der Waals surface area contributed by atoms with Crippen LogP contribution in [0.25, 0.3) is 0 Å². The highest BCUT2D eigenvalue weighted by atomic mass is 16.5. The Morgan fingerprint density at radius 1 is 1.47 bits per heavy atom. The molecule has 0 radical (unpaired) electrons. The van der Waals surface area contributed by atoms with Gasteiger partial charge in [-0.15, -0.1) is 0 Å². The molecule has 0 heterocycles. The quantitative estimate of drug-likeness (QED) is 0.630. The van der Waals surface area contributed by atoms with Gasteiger partial charge in [0.25, 0.3) is 0 Å². The van der Waals surface area contributed by atoms with E-state index in [1.165, 1.54) is 7.11 Å². The van der Waals surface area contributed by atoms with Gasteiger partial charge in [-0.1, -0.05) is 38.0 Å². The molecule has 1 aromatic carbocycles. The van der Waals surface area contributed by atoms with Crippen molar-refractivity contribution < 1.29 is 9.53 Å². The molecule has 94 valence electrons. The summed E-state index contributed by atoms with van der Waals surface area (Å²) >= 11 is 0. The molecule has 3 nitrogen and oxygen atoms in total. The number of para-hydroxylation sites is 1. The van der Waals surface area contributed by atoms with Gasteiger partial charge in [0.05, 0.1) is 13.0 Å². The van der Waals surface area contributed by atoms with Gasteiger partial charge in [0, 0.05) is 5.69 Å². The molecule has 0 aliphatic carbocycles. The van der Waals surface area contributed by atoms with Crippen LogP contribution in [0.2, 0.25) is 0 Å². The van der Waals surface area contributed by atoms with Gasteiger partial charge < -0.3 is 10.5 Å². The lowest BCUT2D eigenvalue weighted by molar-refractivity contribution is -0.142. The predicted molar refractivity (Wildman–Crippen MR) is 69.9 cm³/mol. The molecule has 0 bridgehead atoms. The topological polar surface area (TPSA) is 52.3 Å². The van der Waals surface area contributed by atoms with E-state index in [2.05, 4.69) is 6.92 Å². The molecule has 17 heavy (non-hydrogen) atoms. The first-order chi connectivity index (χ1) is 8.11. The Kier molecular flexibility index (Phi) is 5.01. The van der Waals surface area contributed by atoms with Crippen molar-refractivity contribution in [3.05, 3.63) is 29.3 Å². The fourth-order valence-electron chi connectivity index (χ4n) is 1.96. The third-order valence-electron chi connectivity index (χ3n) is 3.07. The Morgan fingerprint density at radius 2 is 2.18 bits per heavy atom. The minimum absolute atomic E-state index is 0.198. The predicted octanol–water partition coefficient (Wildman–Crippen LogP) is 3.02. The summed E-state index contributed by atoms with van der Waals surface area (Å²) in [6, 6.07) is 5.80. The van der Waals surface area contributed by atoms with E-state index in [9.17, 15) is 4.79 Å². The highest BCUT2D eigenvalue weighted by molar-refractivity contribution is 5.80. The van der Waals surface area contributed by atoms with Crippen LogP contribution in [0, 0.1) is 6.92 Å². The highest BCUT2D eigenvalue weighted by Gasteiger charge is 2.23. The molecule has 0 aliphatic heterocycles. The van der Waals surface area contributed by atoms with Gasteiger partial charge in [-0.2, -0.15) is 0 Å². The molecule has 1 atom stereocenters. The Bertz CT molecular complexity index is 388. The minimum Gasteiger partial charge on any atom is -0.469 e. The second-order valence-electron chi connectivity index (χ2n) is 4.30. The zero-order valence-electron chi connectivity index (χ0n) is 10.8. The first-order valence-corrected chi connectivity index (χ1v) is 6.04. The van der Waals surface area contributed by atoms with Crippen molar-refractivity contribution in [3.63, 3.8) is 0 Å². The monoisotopic (exact) mass is 235 g/mol. The number of benzene rings is 1. The maximum atomic E-state index is 11.8. The van der Waals surface area contributed by atoms with Crippen LogP contribution in [0.3, 0.4) is 0 Å². The van der Waals surface area contributed by atoms with E-state index < -0.39 is 0 Å². The van der Waals surface area contributed by atoms with Crippen LogP contribution in [0.15, 0.2) is 18.2 Å². The number of ether oxygens (including phenoxy) is 1. The molecule has 1 unspecified atom stereocenters. The lowest BCUT2D eigenvalue weighted by Gasteiger charge is -2.17. The Hall–Kier alpha value is -1.51. The summed E-state index contributed by atoms with van der Waals surface area (Å²) in [7, 11) is 1.42. The number of nitrogens with two attached hydrogens (primary N) is 1. The van der Waals surface area contributed by atoms with Gasteiger partial charge in [-0.3, -0.25) is 4.79 Å². The molecule has 0 amide bonds. The molecular formula is C14H21NO2. The standard InChI is InChI=1S/C14H21NO2/c1-4-5-8-12(14(16)17-3)11-9-6-7-10(2)13(11)15/h6-7,9,12H,4-5,8,15H2,1-3H3. The van der Waals surface area contributed by atoms with E-state index in [-0.39, 0.29) is 11.9 Å². The maximum Gasteiger partial charge on any atom is 0.313 e. The van der Waals surface area contributed by atoms with Crippen LogP contribution in [-0.4, -0.2) is 13.1 Å². The van der Waals surface area contributed by atoms with Crippen molar-refractivity contribution in [2.24, 2.45) is 0 Å². The van der Waals surface area contributed by atoms with E-state index in [0.29, 0.717) is 5.69 Å². The maximum absolute atomic E-state index is 11.8. The summed E-state index contributed by atoms with van der Waals surface area (Å²) in [5.74, 6) is -0.435. The van der Waals surface area contributed by atoms with Crippen molar-refractivity contribution in [3.8, 4) is 0 Å². The van der Waals surface area contributed by atoms with Crippen molar-refractivity contribution >= 4 is 11.7 Å². The third-order valence-corrected chi connectivity index (χ3v) is 3.07.